The molecule has 3 aliphatic rings. The Morgan fingerprint density at radius 2 is 2.03 bits per heavy atom. The number of ether oxygens (including phenoxy) is 2. The van der Waals surface area contributed by atoms with Gasteiger partial charge in [-0.15, -0.1) is 0 Å². The van der Waals surface area contributed by atoms with Gasteiger partial charge >= 0.3 is 0 Å². The van der Waals surface area contributed by atoms with Gasteiger partial charge in [-0.05, 0) is 45.1 Å². The minimum absolute atomic E-state index is 0.0306. The molecule has 10 heteroatoms. The number of imidazole rings is 1. The molecule has 0 radical (unpaired) electrons. The van der Waals surface area contributed by atoms with Gasteiger partial charge in [0.15, 0.2) is 11.2 Å². The third kappa shape index (κ3) is 4.45. The summed E-state index contributed by atoms with van der Waals surface area (Å²) in [5.41, 5.74) is 2.25. The number of rotatable bonds is 8. The van der Waals surface area contributed by atoms with Crippen LogP contribution in [-0.2, 0) is 19.4 Å². The van der Waals surface area contributed by atoms with Crippen LogP contribution in [0, 0.1) is 6.92 Å². The highest BCUT2D eigenvalue weighted by Crippen LogP contribution is 2.64. The molecule has 3 fully saturated rings. The first-order valence-corrected chi connectivity index (χ1v) is 14.6. The molecule has 0 bridgehead atoms. The molecular formula is C27H36N5O4P. The number of aromatic nitrogens is 4. The molecular weight excluding hydrogens is 489 g/mol. The van der Waals surface area contributed by atoms with Gasteiger partial charge < -0.3 is 18.5 Å². The molecule has 3 aliphatic heterocycles. The maximum absolute atomic E-state index is 6.80. The van der Waals surface area contributed by atoms with Crippen LogP contribution in [0.25, 0.3) is 11.2 Å². The molecule has 37 heavy (non-hydrogen) atoms. The minimum atomic E-state index is -1.19. The van der Waals surface area contributed by atoms with Crippen LogP contribution >= 0.6 is 8.53 Å². The first-order valence-electron chi connectivity index (χ1n) is 13.5. The zero-order chi connectivity index (χ0) is 25.6. The molecule has 1 unspecified atom stereocenters. The van der Waals surface area contributed by atoms with E-state index in [2.05, 4.69) is 70.7 Å². The van der Waals surface area contributed by atoms with Gasteiger partial charge in [-0.1, -0.05) is 44.2 Å². The summed E-state index contributed by atoms with van der Waals surface area (Å²) >= 11 is 0. The number of hydrogen-bond donors (Lipinski definition) is 0. The van der Waals surface area contributed by atoms with E-state index in [1.54, 1.807) is 6.33 Å². The summed E-state index contributed by atoms with van der Waals surface area (Å²) in [5, 5.41) is 0. The lowest BCUT2D eigenvalue weighted by molar-refractivity contribution is -0.0163. The second-order valence-electron chi connectivity index (χ2n) is 10.3. The maximum atomic E-state index is 6.80. The van der Waals surface area contributed by atoms with Gasteiger partial charge in [0.1, 0.15) is 17.7 Å². The Labute approximate surface area is 219 Å². The van der Waals surface area contributed by atoms with Crippen LogP contribution in [0.5, 0.6) is 5.88 Å². The highest BCUT2D eigenvalue weighted by Gasteiger charge is 2.56. The Bertz CT molecular complexity index is 1240. The molecule has 1 aromatic carbocycles. The van der Waals surface area contributed by atoms with Crippen molar-refractivity contribution in [1.29, 1.82) is 0 Å². The van der Waals surface area contributed by atoms with Crippen molar-refractivity contribution < 1.29 is 18.5 Å². The summed E-state index contributed by atoms with van der Waals surface area (Å²) in [6, 6.07) is 10.9. The summed E-state index contributed by atoms with van der Waals surface area (Å²) in [6.45, 7) is 9.92. The zero-order valence-corrected chi connectivity index (χ0v) is 22.9. The standard InChI is InChI=1S/C27H36N5O4P/c1-5-15-33-26-24-25(29-18(3)30-26)31(17-28-24)23-16-21(20(6-2)34-23)35-37-32-14-10-13-22(32)27(4,36-37)19-11-8-7-9-12-19/h7-9,11-12,17,20-23H,5-6,10,13-16H2,1-4H3/t20-,21?,22+,23-,27-,37+/m1/s1. The average Bonchev–Trinajstić information content (AvgIpc) is 3.68. The molecule has 198 valence electrons. The predicted molar refractivity (Wildman–Crippen MR) is 141 cm³/mol. The Balaban J connectivity index is 1.23. The molecule has 6 rings (SSSR count). The molecule has 9 nitrogen and oxygen atoms in total. The molecule has 5 heterocycles. The van der Waals surface area contributed by atoms with E-state index in [4.69, 9.17) is 18.5 Å². The molecule has 3 aromatic rings. The van der Waals surface area contributed by atoms with Crippen molar-refractivity contribution in [3.05, 3.63) is 48.0 Å². The lowest BCUT2D eigenvalue weighted by Crippen LogP contribution is -2.36. The number of nitrogens with zero attached hydrogens (tertiary/aromatic N) is 5. The van der Waals surface area contributed by atoms with E-state index in [1.165, 1.54) is 12.0 Å². The topological polar surface area (TPSA) is 83.8 Å². The third-order valence-corrected chi connectivity index (χ3v) is 9.63. The normalized spacial score (nSPS) is 31.8. The third-order valence-electron chi connectivity index (χ3n) is 7.75. The summed E-state index contributed by atoms with van der Waals surface area (Å²) in [4.78, 5) is 13.7. The zero-order valence-electron chi connectivity index (χ0n) is 22.0. The van der Waals surface area contributed by atoms with Crippen LogP contribution in [0.3, 0.4) is 0 Å². The van der Waals surface area contributed by atoms with Crippen LogP contribution in [0.1, 0.15) is 70.5 Å². The van der Waals surface area contributed by atoms with Gasteiger partial charge in [-0.25, -0.2) is 14.6 Å². The molecule has 0 saturated carbocycles. The van der Waals surface area contributed by atoms with Crippen LogP contribution < -0.4 is 4.74 Å². The van der Waals surface area contributed by atoms with Gasteiger partial charge in [0.2, 0.25) is 5.88 Å². The summed E-state index contributed by atoms with van der Waals surface area (Å²) in [7, 11) is -1.19. The Hall–Kier alpha value is -2.16. The van der Waals surface area contributed by atoms with E-state index in [0.717, 1.165) is 31.5 Å². The second-order valence-corrected chi connectivity index (χ2v) is 11.7. The number of hydrogen-bond acceptors (Lipinski definition) is 8. The largest absolute Gasteiger partial charge is 0.476 e. The molecule has 0 amide bonds. The highest BCUT2D eigenvalue weighted by molar-refractivity contribution is 7.45. The van der Waals surface area contributed by atoms with Crippen LogP contribution in [-0.4, -0.2) is 55.6 Å². The molecule has 0 N–H and O–H groups in total. The molecule has 0 aliphatic carbocycles. The SMILES string of the molecule is CCCOc1nc(C)nc2c1ncn2[C@H]1CC(O[P@@]2O[C@](C)(c3ccccc3)[C@@H]3CCCN32)[C@@H](CC)O1. The van der Waals surface area contributed by atoms with Crippen LogP contribution in [0.2, 0.25) is 0 Å². The van der Waals surface area contributed by atoms with Crippen molar-refractivity contribution in [2.75, 3.05) is 13.2 Å². The lowest BCUT2D eigenvalue weighted by Gasteiger charge is -2.29. The van der Waals surface area contributed by atoms with E-state index in [-0.39, 0.29) is 24.0 Å². The van der Waals surface area contributed by atoms with Gasteiger partial charge in [0, 0.05) is 13.0 Å². The Morgan fingerprint density at radius 3 is 2.81 bits per heavy atom. The maximum Gasteiger partial charge on any atom is 0.260 e. The molecule has 3 saturated heterocycles. The van der Waals surface area contributed by atoms with Gasteiger partial charge in [0.25, 0.3) is 8.53 Å². The fourth-order valence-electron chi connectivity index (χ4n) is 5.84. The smallest absolute Gasteiger partial charge is 0.260 e. The number of aryl methyl sites for hydroxylation is 1. The molecule has 0 spiro atoms. The summed E-state index contributed by atoms with van der Waals surface area (Å²) < 4.78 is 30.4. The number of benzene rings is 1. The first kappa shape index (κ1) is 25.1. The van der Waals surface area contributed by atoms with Crippen molar-refractivity contribution in [2.45, 2.75) is 89.9 Å². The van der Waals surface area contributed by atoms with Gasteiger partial charge in [-0.3, -0.25) is 4.57 Å². The lowest BCUT2D eigenvalue weighted by atomic mass is 9.87. The first-order chi connectivity index (χ1) is 18.0. The van der Waals surface area contributed by atoms with E-state index in [0.29, 0.717) is 36.3 Å². The van der Waals surface area contributed by atoms with Crippen molar-refractivity contribution in [3.8, 4) is 5.88 Å². The average molecular weight is 526 g/mol. The number of fused-ring (bicyclic) bond motifs is 2. The fraction of sp³-hybridized carbons (Fsp3) is 0.593. The van der Waals surface area contributed by atoms with E-state index >= 15 is 0 Å². The van der Waals surface area contributed by atoms with Gasteiger partial charge in [0.05, 0.1) is 31.2 Å². The summed E-state index contributed by atoms with van der Waals surface area (Å²) in [6.07, 6.45) is 6.22. The van der Waals surface area contributed by atoms with Crippen LogP contribution in [0.4, 0.5) is 0 Å². The van der Waals surface area contributed by atoms with E-state index in [1.807, 2.05) is 11.5 Å². The Kier molecular flexibility index (Phi) is 6.92. The highest BCUT2D eigenvalue weighted by atomic mass is 31.2. The summed E-state index contributed by atoms with van der Waals surface area (Å²) in [5.74, 6) is 1.19. The quantitative estimate of drug-likeness (QED) is 0.349. The fourth-order valence-corrected chi connectivity index (χ4v) is 7.99. The molecule has 2 aromatic heterocycles. The second kappa shape index (κ2) is 10.2. The van der Waals surface area contributed by atoms with Crippen LogP contribution in [0.15, 0.2) is 36.7 Å². The van der Waals surface area contributed by atoms with Gasteiger partial charge in [-0.2, -0.15) is 4.98 Å². The van der Waals surface area contributed by atoms with E-state index in [9.17, 15) is 0 Å². The van der Waals surface area contributed by atoms with Crippen molar-refractivity contribution in [2.24, 2.45) is 0 Å². The van der Waals surface area contributed by atoms with E-state index < -0.39 is 8.53 Å². The Morgan fingerprint density at radius 1 is 1.19 bits per heavy atom. The predicted octanol–water partition coefficient (Wildman–Crippen LogP) is 5.64. The van der Waals surface area contributed by atoms with Crippen molar-refractivity contribution in [3.63, 3.8) is 0 Å². The van der Waals surface area contributed by atoms with Crippen molar-refractivity contribution >= 4 is 19.7 Å². The van der Waals surface area contributed by atoms with Crippen molar-refractivity contribution in [1.82, 2.24) is 24.2 Å². The minimum Gasteiger partial charge on any atom is -0.476 e. The monoisotopic (exact) mass is 525 g/mol. The molecule has 6 atom stereocenters.